The van der Waals surface area contributed by atoms with E-state index in [1.807, 2.05) is 0 Å². The van der Waals surface area contributed by atoms with Crippen molar-refractivity contribution in [2.75, 3.05) is 0 Å². The summed E-state index contributed by atoms with van der Waals surface area (Å²) < 4.78 is 0. The van der Waals surface area contributed by atoms with Crippen molar-refractivity contribution in [1.82, 2.24) is 0 Å². The van der Waals surface area contributed by atoms with Crippen molar-refractivity contribution in [3.8, 4) is 0 Å². The Morgan fingerprint density at radius 3 is 1.68 bits per heavy atom. The predicted molar refractivity (Wildman–Crippen MR) is 128 cm³/mol. The van der Waals surface area contributed by atoms with Gasteiger partial charge < -0.3 is 0 Å². The van der Waals surface area contributed by atoms with Crippen LogP contribution in [-0.4, -0.2) is 7.74 Å². The van der Waals surface area contributed by atoms with Crippen LogP contribution in [0.5, 0.6) is 0 Å². The van der Waals surface area contributed by atoms with E-state index >= 15 is 0 Å². The average Bonchev–Trinajstić information content (AvgIpc) is 2.74. The smallest absolute Gasteiger partial charge is 0.0761 e. The Morgan fingerprint density at radius 2 is 1.14 bits per heavy atom. The fourth-order valence-corrected chi connectivity index (χ4v) is 13.2. The van der Waals surface area contributed by atoms with Crippen molar-refractivity contribution in [2.45, 2.75) is 25.3 Å². The highest BCUT2D eigenvalue weighted by Gasteiger charge is 2.38. The number of hydrogen-bond acceptors (Lipinski definition) is 0. The van der Waals surface area contributed by atoms with Gasteiger partial charge in [0, 0.05) is 5.66 Å². The minimum absolute atomic E-state index is 0.286. The van der Waals surface area contributed by atoms with Gasteiger partial charge in [-0.15, -0.1) is 0 Å². The maximum atomic E-state index is 2.54. The van der Waals surface area contributed by atoms with Crippen LogP contribution in [0.25, 0.3) is 10.9 Å². The van der Waals surface area contributed by atoms with E-state index in [1.54, 1.807) is 5.31 Å². The van der Waals surface area contributed by atoms with Crippen molar-refractivity contribution in [1.29, 1.82) is 0 Å². The monoisotopic (exact) mass is 398 g/mol. The molecule has 0 N–H and O–H groups in total. The van der Waals surface area contributed by atoms with E-state index in [0.29, 0.717) is 5.66 Å². The molecule has 0 nitrogen and oxygen atoms in total. The van der Waals surface area contributed by atoms with Gasteiger partial charge in [0.05, 0.1) is 7.74 Å². The molecular weight excluding hydrogens is 371 g/mol. The molecule has 4 rings (SSSR count). The summed E-state index contributed by atoms with van der Waals surface area (Å²) in [6.07, 6.45) is 5.02. The van der Waals surface area contributed by atoms with Gasteiger partial charge in [-0.25, -0.2) is 0 Å². The minimum Gasteiger partial charge on any atom is -0.0761 e. The summed E-state index contributed by atoms with van der Waals surface area (Å²) in [5.41, 5.74) is 5.97. The van der Waals surface area contributed by atoms with Gasteiger partial charge >= 0.3 is 0 Å². The highest BCUT2D eigenvalue weighted by atomic mass is 31.4. The first-order valence-corrected chi connectivity index (χ1v) is 15.7. The number of hydrogen-bond donors (Lipinski definition) is 0. The van der Waals surface area contributed by atoms with Crippen LogP contribution >= 0.6 is 7.47 Å². The Bertz CT molecular complexity index is 983. The number of allylic oxidation sites excluding steroid dienone is 3. The van der Waals surface area contributed by atoms with Crippen LogP contribution in [0.2, 0.25) is 19.6 Å². The van der Waals surface area contributed by atoms with Crippen LogP contribution in [-0.2, 0) is 0 Å². The van der Waals surface area contributed by atoms with Crippen molar-refractivity contribution in [2.24, 2.45) is 0 Å². The number of benzene rings is 3. The third-order valence-electron chi connectivity index (χ3n) is 5.21. The maximum absolute atomic E-state index is 2.54. The second kappa shape index (κ2) is 8.03. The lowest BCUT2D eigenvalue weighted by molar-refractivity contribution is 1.21. The summed E-state index contributed by atoms with van der Waals surface area (Å²) in [4.78, 5) is 0. The highest BCUT2D eigenvalue weighted by Crippen LogP contribution is 2.69. The second-order valence-electron chi connectivity index (χ2n) is 8.28. The molecule has 0 amide bonds. The molecule has 2 heteroatoms. The van der Waals surface area contributed by atoms with Crippen molar-refractivity contribution < 1.29 is 0 Å². The van der Waals surface area contributed by atoms with Gasteiger partial charge in [0.1, 0.15) is 0 Å². The molecule has 0 aliphatic carbocycles. The van der Waals surface area contributed by atoms with Crippen molar-refractivity contribution >= 4 is 26.1 Å². The Balaban J connectivity index is 1.93. The van der Waals surface area contributed by atoms with Crippen molar-refractivity contribution in [3.63, 3.8) is 0 Å². The van der Waals surface area contributed by atoms with Gasteiger partial charge in [-0.2, -0.15) is 0 Å². The minimum atomic E-state index is -1.43. The molecule has 28 heavy (non-hydrogen) atoms. The fourth-order valence-electron chi connectivity index (χ4n) is 3.98. The first kappa shape index (κ1) is 19.1. The molecule has 1 aliphatic heterocycles. The molecule has 1 heterocycles. The Kier molecular flexibility index (Phi) is 5.48. The zero-order chi connectivity index (χ0) is 19.6. The lowest BCUT2D eigenvalue weighted by Gasteiger charge is -2.40. The zero-order valence-electron chi connectivity index (χ0n) is 16.8. The molecular formula is C26H27PSi. The topological polar surface area (TPSA) is 0 Å². The summed E-state index contributed by atoms with van der Waals surface area (Å²) >= 11 is 0. The highest BCUT2D eigenvalue weighted by molar-refractivity contribution is 8.01. The summed E-state index contributed by atoms with van der Waals surface area (Å²) in [5.74, 6) is 0. The molecule has 2 atom stereocenters. The molecule has 0 fully saturated rings. The first-order chi connectivity index (χ1) is 13.5. The third-order valence-corrected chi connectivity index (χ3v) is 14.5. The SMILES string of the molecule is C[Si](C)(C)P1C(c2ccccc2)=CC(c2ccccc2)=CC1c1ccccc1. The second-order valence-corrected chi connectivity index (χ2v) is 19.9. The maximum Gasteiger partial charge on any atom is 0.0784 e. The van der Waals surface area contributed by atoms with E-state index in [4.69, 9.17) is 0 Å². The lowest BCUT2D eigenvalue weighted by atomic mass is 10.0. The molecule has 0 radical (unpaired) electrons. The van der Waals surface area contributed by atoms with Gasteiger partial charge in [-0.3, -0.25) is 0 Å². The van der Waals surface area contributed by atoms with Crippen LogP contribution in [0.1, 0.15) is 22.3 Å². The van der Waals surface area contributed by atoms with Gasteiger partial charge in [0.25, 0.3) is 0 Å². The summed E-state index contributed by atoms with van der Waals surface area (Å²) in [5, 5.41) is 1.56. The summed E-state index contributed by atoms with van der Waals surface area (Å²) in [6, 6.07) is 33.0. The number of rotatable bonds is 4. The lowest BCUT2D eigenvalue weighted by Crippen LogP contribution is -2.23. The summed E-state index contributed by atoms with van der Waals surface area (Å²) in [7, 11) is -1.71. The van der Waals surface area contributed by atoms with Crippen LogP contribution in [0.15, 0.2) is 103 Å². The Hall–Kier alpha value is -2.21. The zero-order valence-corrected chi connectivity index (χ0v) is 18.7. The standard InChI is InChI=1S/C26H27PSi/c1-28(2,3)27-25(22-15-9-5-10-16-22)19-24(21-13-7-4-8-14-21)20-26(27)23-17-11-6-12-18-23/h4-20,25H,1-3H3. The molecule has 3 aromatic carbocycles. The normalized spacial score (nSPS) is 19.7. The van der Waals surface area contributed by atoms with E-state index in [2.05, 4.69) is 123 Å². The van der Waals surface area contributed by atoms with Gasteiger partial charge in [0.15, 0.2) is 0 Å². The molecule has 0 aromatic heterocycles. The van der Waals surface area contributed by atoms with Crippen molar-refractivity contribution in [3.05, 3.63) is 120 Å². The molecule has 3 aromatic rings. The van der Waals surface area contributed by atoms with Gasteiger partial charge in [-0.1, -0.05) is 124 Å². The molecule has 140 valence electrons. The Labute approximate surface area is 171 Å². The molecule has 1 aliphatic rings. The van der Waals surface area contributed by atoms with E-state index in [9.17, 15) is 0 Å². The van der Waals surface area contributed by atoms with E-state index < -0.39 is 7.74 Å². The molecule has 0 bridgehead atoms. The molecule has 2 unspecified atom stereocenters. The third kappa shape index (κ3) is 3.97. The molecule has 0 spiro atoms. The predicted octanol–water partition coefficient (Wildman–Crippen LogP) is 8.18. The fraction of sp³-hybridized carbons (Fsp3) is 0.154. The summed E-state index contributed by atoms with van der Waals surface area (Å²) in [6.45, 7) is 7.60. The van der Waals surface area contributed by atoms with E-state index in [1.165, 1.54) is 22.3 Å². The van der Waals surface area contributed by atoms with Crippen LogP contribution in [0.3, 0.4) is 0 Å². The molecule has 0 saturated heterocycles. The first-order valence-electron chi connectivity index (χ1n) is 9.93. The quantitative estimate of drug-likeness (QED) is 0.307. The Morgan fingerprint density at radius 1 is 0.643 bits per heavy atom. The van der Waals surface area contributed by atoms with Gasteiger partial charge in [-0.05, 0) is 33.7 Å². The largest absolute Gasteiger partial charge is 0.0784 e. The molecule has 0 saturated carbocycles. The van der Waals surface area contributed by atoms with Crippen LogP contribution in [0.4, 0.5) is 0 Å². The van der Waals surface area contributed by atoms with Crippen LogP contribution in [0, 0.1) is 0 Å². The van der Waals surface area contributed by atoms with E-state index in [-0.39, 0.29) is 7.47 Å². The average molecular weight is 399 g/mol. The van der Waals surface area contributed by atoms with Gasteiger partial charge in [0.2, 0.25) is 0 Å². The van der Waals surface area contributed by atoms with E-state index in [0.717, 1.165) is 0 Å². The van der Waals surface area contributed by atoms with Crippen LogP contribution < -0.4 is 0 Å².